The van der Waals surface area contributed by atoms with Gasteiger partial charge in [0.05, 0.1) is 16.8 Å². The largest absolute Gasteiger partial charge is 0.418 e. The third-order valence-electron chi connectivity index (χ3n) is 3.59. The summed E-state index contributed by atoms with van der Waals surface area (Å²) in [5.74, 6) is -3.00. The fourth-order valence-electron chi connectivity index (χ4n) is 2.27. The average Bonchev–Trinajstić information content (AvgIpc) is 2.65. The van der Waals surface area contributed by atoms with Crippen molar-refractivity contribution in [2.45, 2.75) is 6.18 Å². The number of amides is 1. The van der Waals surface area contributed by atoms with Crippen molar-refractivity contribution < 1.29 is 26.7 Å². The minimum absolute atomic E-state index is 0.141. The fraction of sp³-hybridized carbons (Fsp3) is 0.0556. The van der Waals surface area contributed by atoms with Gasteiger partial charge in [0.2, 0.25) is 5.95 Å². The van der Waals surface area contributed by atoms with Gasteiger partial charge in [0.15, 0.2) is 0 Å². The van der Waals surface area contributed by atoms with E-state index in [-0.39, 0.29) is 17.2 Å². The molecule has 0 aliphatic carbocycles. The standard InChI is InChI=1S/C18H11F5N4O/c19-12-5-3-6-13(20)15(12)27-16(28)10-8-24-17(25-9-10)26-14-7-2-1-4-11(14)18(21,22)23/h1-9H,(H,27,28)(H,24,25,26). The SMILES string of the molecule is O=C(Nc1c(F)cccc1F)c1cnc(Nc2ccccc2C(F)(F)F)nc1. The molecule has 2 aromatic carbocycles. The Bertz CT molecular complexity index is 985. The third-order valence-corrected chi connectivity index (χ3v) is 3.59. The first kappa shape index (κ1) is 19.2. The molecule has 1 heterocycles. The minimum Gasteiger partial charge on any atom is -0.324 e. The van der Waals surface area contributed by atoms with E-state index in [1.807, 2.05) is 0 Å². The average molecular weight is 394 g/mol. The Morgan fingerprint density at radius 3 is 2.11 bits per heavy atom. The molecular formula is C18H11F5N4O. The normalized spacial score (nSPS) is 11.2. The molecule has 144 valence electrons. The van der Waals surface area contributed by atoms with E-state index in [0.29, 0.717) is 0 Å². The highest BCUT2D eigenvalue weighted by Gasteiger charge is 2.33. The summed E-state index contributed by atoms with van der Waals surface area (Å²) in [4.78, 5) is 19.6. The maximum atomic E-state index is 13.6. The van der Waals surface area contributed by atoms with Gasteiger partial charge in [-0.3, -0.25) is 4.79 Å². The molecule has 0 spiro atoms. The lowest BCUT2D eigenvalue weighted by atomic mass is 10.1. The number of rotatable bonds is 4. The van der Waals surface area contributed by atoms with Crippen molar-refractivity contribution in [2.75, 3.05) is 10.6 Å². The van der Waals surface area contributed by atoms with E-state index in [0.717, 1.165) is 36.7 Å². The van der Waals surface area contributed by atoms with Gasteiger partial charge in [-0.2, -0.15) is 13.2 Å². The van der Waals surface area contributed by atoms with Crippen molar-refractivity contribution in [3.8, 4) is 0 Å². The van der Waals surface area contributed by atoms with Crippen LogP contribution in [0.2, 0.25) is 0 Å². The van der Waals surface area contributed by atoms with Crippen molar-refractivity contribution >= 4 is 23.2 Å². The number of carbonyl (C=O) groups excluding carboxylic acids is 1. The number of alkyl halides is 3. The van der Waals surface area contributed by atoms with Crippen LogP contribution in [-0.4, -0.2) is 15.9 Å². The zero-order chi connectivity index (χ0) is 20.3. The summed E-state index contributed by atoms with van der Waals surface area (Å²) in [5, 5.41) is 4.47. The van der Waals surface area contributed by atoms with Crippen molar-refractivity contribution in [3.05, 3.63) is 77.6 Å². The number of hydrogen-bond acceptors (Lipinski definition) is 4. The highest BCUT2D eigenvalue weighted by Crippen LogP contribution is 2.35. The summed E-state index contributed by atoms with van der Waals surface area (Å²) in [5.41, 5.74) is -1.94. The predicted molar refractivity (Wildman–Crippen MR) is 91.1 cm³/mol. The molecule has 0 radical (unpaired) electrons. The Morgan fingerprint density at radius 1 is 0.893 bits per heavy atom. The zero-order valence-corrected chi connectivity index (χ0v) is 13.9. The van der Waals surface area contributed by atoms with Crippen LogP contribution in [0, 0.1) is 11.6 Å². The van der Waals surface area contributed by atoms with Crippen molar-refractivity contribution in [1.29, 1.82) is 0 Å². The summed E-state index contributed by atoms with van der Waals surface area (Å²) in [6.07, 6.45) is -2.55. The monoisotopic (exact) mass is 394 g/mol. The first-order valence-electron chi connectivity index (χ1n) is 7.76. The van der Waals surface area contributed by atoms with Crippen LogP contribution in [0.1, 0.15) is 15.9 Å². The minimum atomic E-state index is -4.58. The van der Waals surface area contributed by atoms with E-state index < -0.39 is 35.0 Å². The number of nitrogens with zero attached hydrogens (tertiary/aromatic N) is 2. The van der Waals surface area contributed by atoms with Crippen molar-refractivity contribution in [1.82, 2.24) is 9.97 Å². The number of anilines is 3. The summed E-state index contributed by atoms with van der Waals surface area (Å²) in [6, 6.07) is 7.83. The first-order chi connectivity index (χ1) is 13.3. The quantitative estimate of drug-likeness (QED) is 0.626. The van der Waals surface area contributed by atoms with Crippen LogP contribution in [0.4, 0.5) is 39.3 Å². The number of nitrogens with one attached hydrogen (secondary N) is 2. The molecule has 1 aromatic heterocycles. The molecule has 3 aromatic rings. The predicted octanol–water partition coefficient (Wildman–Crippen LogP) is 4.77. The maximum Gasteiger partial charge on any atom is 0.418 e. The highest BCUT2D eigenvalue weighted by molar-refractivity contribution is 6.04. The molecule has 28 heavy (non-hydrogen) atoms. The molecular weight excluding hydrogens is 383 g/mol. The third kappa shape index (κ3) is 4.22. The summed E-state index contributed by atoms with van der Waals surface area (Å²) in [7, 11) is 0. The Balaban J connectivity index is 1.77. The fourth-order valence-corrected chi connectivity index (χ4v) is 2.27. The van der Waals surface area contributed by atoms with Gasteiger partial charge < -0.3 is 10.6 Å². The van der Waals surface area contributed by atoms with Gasteiger partial charge >= 0.3 is 6.18 Å². The second kappa shape index (κ2) is 7.59. The maximum absolute atomic E-state index is 13.6. The van der Waals surface area contributed by atoms with Gasteiger partial charge in [-0.25, -0.2) is 18.7 Å². The highest BCUT2D eigenvalue weighted by atomic mass is 19.4. The lowest BCUT2D eigenvalue weighted by Gasteiger charge is -2.13. The van der Waals surface area contributed by atoms with Crippen molar-refractivity contribution in [2.24, 2.45) is 0 Å². The van der Waals surface area contributed by atoms with E-state index in [9.17, 15) is 26.7 Å². The summed E-state index contributed by atoms with van der Waals surface area (Å²) in [6.45, 7) is 0. The molecule has 0 saturated heterocycles. The van der Waals surface area contributed by atoms with E-state index >= 15 is 0 Å². The molecule has 0 saturated carbocycles. The van der Waals surface area contributed by atoms with Crippen LogP contribution in [-0.2, 0) is 6.18 Å². The number of benzene rings is 2. The lowest BCUT2D eigenvalue weighted by molar-refractivity contribution is -0.136. The number of para-hydroxylation sites is 2. The van der Waals surface area contributed by atoms with Crippen LogP contribution >= 0.6 is 0 Å². The molecule has 0 unspecified atom stereocenters. The molecule has 10 heteroatoms. The van der Waals surface area contributed by atoms with Gasteiger partial charge in [-0.15, -0.1) is 0 Å². The van der Waals surface area contributed by atoms with Crippen LogP contribution in [0.3, 0.4) is 0 Å². The Morgan fingerprint density at radius 2 is 1.50 bits per heavy atom. The summed E-state index contributed by atoms with van der Waals surface area (Å²) >= 11 is 0. The van der Waals surface area contributed by atoms with Gasteiger partial charge in [-0.05, 0) is 24.3 Å². The van der Waals surface area contributed by atoms with Crippen LogP contribution in [0.25, 0.3) is 0 Å². The van der Waals surface area contributed by atoms with E-state index in [4.69, 9.17) is 0 Å². The van der Waals surface area contributed by atoms with Gasteiger partial charge in [0.25, 0.3) is 5.91 Å². The smallest absolute Gasteiger partial charge is 0.324 e. The molecule has 0 atom stereocenters. The van der Waals surface area contributed by atoms with Crippen molar-refractivity contribution in [3.63, 3.8) is 0 Å². The van der Waals surface area contributed by atoms with E-state index in [1.54, 1.807) is 0 Å². The number of aromatic nitrogens is 2. The Hall–Kier alpha value is -3.56. The Labute approximate surface area is 155 Å². The molecule has 0 bridgehead atoms. The second-order valence-electron chi connectivity index (χ2n) is 5.51. The van der Waals surface area contributed by atoms with Crippen LogP contribution in [0.15, 0.2) is 54.9 Å². The lowest BCUT2D eigenvalue weighted by Crippen LogP contribution is -2.15. The molecule has 0 aliphatic heterocycles. The summed E-state index contributed by atoms with van der Waals surface area (Å²) < 4.78 is 66.2. The molecule has 1 amide bonds. The molecule has 5 nitrogen and oxygen atoms in total. The van der Waals surface area contributed by atoms with Crippen LogP contribution < -0.4 is 10.6 Å². The van der Waals surface area contributed by atoms with E-state index in [2.05, 4.69) is 20.6 Å². The topological polar surface area (TPSA) is 66.9 Å². The van der Waals surface area contributed by atoms with Gasteiger partial charge in [0.1, 0.15) is 17.3 Å². The number of hydrogen-bond donors (Lipinski definition) is 2. The zero-order valence-electron chi connectivity index (χ0n) is 13.9. The molecule has 3 rings (SSSR count). The van der Waals surface area contributed by atoms with Crippen LogP contribution in [0.5, 0.6) is 0 Å². The second-order valence-corrected chi connectivity index (χ2v) is 5.51. The Kier molecular flexibility index (Phi) is 5.21. The number of halogens is 5. The number of carbonyl (C=O) groups is 1. The van der Waals surface area contributed by atoms with E-state index in [1.165, 1.54) is 18.2 Å². The first-order valence-corrected chi connectivity index (χ1v) is 7.76. The van der Waals surface area contributed by atoms with Gasteiger partial charge in [0, 0.05) is 12.4 Å². The molecule has 0 aliphatic rings. The molecule has 2 N–H and O–H groups in total. The molecule has 0 fully saturated rings. The van der Waals surface area contributed by atoms with Gasteiger partial charge in [-0.1, -0.05) is 18.2 Å².